The summed E-state index contributed by atoms with van der Waals surface area (Å²) in [5.74, 6) is 0.283. The van der Waals surface area contributed by atoms with Gasteiger partial charge in [0.1, 0.15) is 11.6 Å². The van der Waals surface area contributed by atoms with Crippen LogP contribution in [-0.4, -0.2) is 61.6 Å². The fraction of sp³-hybridized carbons (Fsp3) is 0.364. The van der Waals surface area contributed by atoms with Gasteiger partial charge in [0.2, 0.25) is 5.91 Å². The summed E-state index contributed by atoms with van der Waals surface area (Å²) in [5, 5.41) is 5.71. The molecule has 1 fully saturated rings. The van der Waals surface area contributed by atoms with Gasteiger partial charge in [-0.25, -0.2) is 9.18 Å². The summed E-state index contributed by atoms with van der Waals surface area (Å²) >= 11 is 0. The molecule has 3 rings (SSSR count). The van der Waals surface area contributed by atoms with Gasteiger partial charge in [0.05, 0.1) is 13.7 Å². The number of ether oxygens (including phenoxy) is 1. The molecule has 1 saturated heterocycles. The fourth-order valence-electron chi connectivity index (χ4n) is 3.30. The molecule has 7 nitrogen and oxygen atoms in total. The second-order valence-corrected chi connectivity index (χ2v) is 7.18. The Bertz CT molecular complexity index is 842. The standard InChI is InChI=1S/C22H27FN4O3/c1-30-20-9-3-17(4-10-20)15-24-22(29)27-12-2-11-26(13-14-27)16-21(28)25-19-7-5-18(23)6-8-19/h3-10H,2,11-16H2,1H3,(H,24,29)(H,25,28). The number of anilines is 1. The van der Waals surface area contributed by atoms with Crippen molar-refractivity contribution in [2.45, 2.75) is 13.0 Å². The van der Waals surface area contributed by atoms with Crippen molar-refractivity contribution >= 4 is 17.6 Å². The molecule has 0 spiro atoms. The van der Waals surface area contributed by atoms with E-state index in [2.05, 4.69) is 10.6 Å². The summed E-state index contributed by atoms with van der Waals surface area (Å²) in [6, 6.07) is 13.1. The van der Waals surface area contributed by atoms with E-state index < -0.39 is 0 Å². The number of amides is 3. The van der Waals surface area contributed by atoms with E-state index >= 15 is 0 Å². The molecule has 0 saturated carbocycles. The molecule has 0 unspecified atom stereocenters. The molecule has 0 aliphatic carbocycles. The van der Waals surface area contributed by atoms with E-state index in [0.717, 1.165) is 24.3 Å². The third-order valence-electron chi connectivity index (χ3n) is 4.97. The number of methoxy groups -OCH3 is 1. The van der Waals surface area contributed by atoms with Crippen LogP contribution in [0.25, 0.3) is 0 Å². The molecule has 0 atom stereocenters. The van der Waals surface area contributed by atoms with E-state index in [1.807, 2.05) is 29.2 Å². The van der Waals surface area contributed by atoms with Crippen molar-refractivity contribution in [3.8, 4) is 5.75 Å². The molecule has 2 aromatic carbocycles. The number of nitrogens with one attached hydrogen (secondary N) is 2. The minimum Gasteiger partial charge on any atom is -0.497 e. The van der Waals surface area contributed by atoms with Crippen LogP contribution < -0.4 is 15.4 Å². The molecule has 1 aliphatic heterocycles. The normalized spacial score (nSPS) is 14.7. The smallest absolute Gasteiger partial charge is 0.317 e. The van der Waals surface area contributed by atoms with E-state index in [1.165, 1.54) is 24.3 Å². The highest BCUT2D eigenvalue weighted by Gasteiger charge is 2.20. The van der Waals surface area contributed by atoms with E-state index in [1.54, 1.807) is 12.0 Å². The maximum atomic E-state index is 13.0. The Morgan fingerprint density at radius 3 is 2.43 bits per heavy atom. The van der Waals surface area contributed by atoms with Gasteiger partial charge in [-0.3, -0.25) is 9.69 Å². The molecule has 8 heteroatoms. The van der Waals surface area contributed by atoms with Crippen molar-refractivity contribution < 1.29 is 18.7 Å². The van der Waals surface area contributed by atoms with Gasteiger partial charge in [0.25, 0.3) is 0 Å². The fourth-order valence-corrected chi connectivity index (χ4v) is 3.30. The van der Waals surface area contributed by atoms with Crippen molar-refractivity contribution in [3.63, 3.8) is 0 Å². The first-order valence-corrected chi connectivity index (χ1v) is 9.97. The molecule has 1 aliphatic rings. The van der Waals surface area contributed by atoms with Gasteiger partial charge in [0.15, 0.2) is 0 Å². The first kappa shape index (κ1) is 21.6. The van der Waals surface area contributed by atoms with Crippen LogP contribution in [0.4, 0.5) is 14.9 Å². The van der Waals surface area contributed by atoms with Gasteiger partial charge in [-0.15, -0.1) is 0 Å². The summed E-state index contributed by atoms with van der Waals surface area (Å²) < 4.78 is 18.1. The number of carbonyl (C=O) groups excluding carboxylic acids is 2. The first-order valence-electron chi connectivity index (χ1n) is 9.97. The summed E-state index contributed by atoms with van der Waals surface area (Å²) in [4.78, 5) is 28.6. The number of hydrogen-bond acceptors (Lipinski definition) is 4. The number of rotatable bonds is 6. The zero-order valence-electron chi connectivity index (χ0n) is 17.1. The topological polar surface area (TPSA) is 73.9 Å². The zero-order chi connectivity index (χ0) is 21.3. The highest BCUT2D eigenvalue weighted by molar-refractivity contribution is 5.92. The molecule has 160 valence electrons. The van der Waals surface area contributed by atoms with Gasteiger partial charge in [0, 0.05) is 38.4 Å². The van der Waals surface area contributed by atoms with Crippen molar-refractivity contribution in [2.24, 2.45) is 0 Å². The Kier molecular flexibility index (Phi) is 7.62. The summed E-state index contributed by atoms with van der Waals surface area (Å²) in [6.07, 6.45) is 0.791. The monoisotopic (exact) mass is 414 g/mol. The minimum absolute atomic E-state index is 0.108. The Morgan fingerprint density at radius 1 is 1.00 bits per heavy atom. The average Bonchev–Trinajstić information content (AvgIpc) is 2.99. The van der Waals surface area contributed by atoms with Crippen molar-refractivity contribution in [1.29, 1.82) is 0 Å². The van der Waals surface area contributed by atoms with Crippen LogP contribution in [0.3, 0.4) is 0 Å². The zero-order valence-corrected chi connectivity index (χ0v) is 17.1. The van der Waals surface area contributed by atoms with Crippen LogP contribution in [0.15, 0.2) is 48.5 Å². The maximum absolute atomic E-state index is 13.0. The average molecular weight is 414 g/mol. The number of halogens is 1. The van der Waals surface area contributed by atoms with Gasteiger partial charge in [-0.05, 0) is 48.4 Å². The van der Waals surface area contributed by atoms with Gasteiger partial charge in [-0.2, -0.15) is 0 Å². The van der Waals surface area contributed by atoms with E-state index in [9.17, 15) is 14.0 Å². The van der Waals surface area contributed by atoms with Gasteiger partial charge < -0.3 is 20.3 Å². The lowest BCUT2D eigenvalue weighted by atomic mass is 10.2. The number of urea groups is 1. The largest absolute Gasteiger partial charge is 0.497 e. The van der Waals surface area contributed by atoms with Crippen LogP contribution >= 0.6 is 0 Å². The van der Waals surface area contributed by atoms with Crippen molar-refractivity contribution in [1.82, 2.24) is 15.1 Å². The van der Waals surface area contributed by atoms with Crippen LogP contribution in [0.2, 0.25) is 0 Å². The van der Waals surface area contributed by atoms with Crippen LogP contribution in [-0.2, 0) is 11.3 Å². The number of benzene rings is 2. The predicted molar refractivity (Wildman–Crippen MR) is 113 cm³/mol. The molecule has 1 heterocycles. The molecule has 2 aromatic rings. The summed E-state index contributed by atoms with van der Waals surface area (Å²) in [5.41, 5.74) is 1.56. The third kappa shape index (κ3) is 6.45. The molecular formula is C22H27FN4O3. The Balaban J connectivity index is 1.42. The Morgan fingerprint density at radius 2 is 1.73 bits per heavy atom. The minimum atomic E-state index is -0.342. The molecule has 0 radical (unpaired) electrons. The number of carbonyl (C=O) groups is 2. The SMILES string of the molecule is COc1ccc(CNC(=O)N2CCCN(CC(=O)Nc3ccc(F)cc3)CC2)cc1. The van der Waals surface area contributed by atoms with E-state index in [4.69, 9.17) is 4.74 Å². The van der Waals surface area contributed by atoms with Crippen LogP contribution in [0.1, 0.15) is 12.0 Å². The molecule has 3 amide bonds. The second kappa shape index (κ2) is 10.6. The molecular weight excluding hydrogens is 387 g/mol. The Labute approximate surface area is 175 Å². The first-order chi connectivity index (χ1) is 14.5. The number of nitrogens with zero attached hydrogens (tertiary/aromatic N) is 2. The third-order valence-corrected chi connectivity index (χ3v) is 4.97. The lowest BCUT2D eigenvalue weighted by Gasteiger charge is -2.22. The second-order valence-electron chi connectivity index (χ2n) is 7.18. The van der Waals surface area contributed by atoms with E-state index in [0.29, 0.717) is 31.9 Å². The predicted octanol–water partition coefficient (Wildman–Crippen LogP) is 2.69. The molecule has 0 aromatic heterocycles. The lowest BCUT2D eigenvalue weighted by Crippen LogP contribution is -2.42. The van der Waals surface area contributed by atoms with Crippen molar-refractivity contribution in [2.75, 3.05) is 45.2 Å². The summed E-state index contributed by atoms with van der Waals surface area (Å²) in [7, 11) is 1.62. The summed E-state index contributed by atoms with van der Waals surface area (Å²) in [6.45, 7) is 3.23. The van der Waals surface area contributed by atoms with Gasteiger partial charge in [-0.1, -0.05) is 12.1 Å². The number of hydrogen-bond donors (Lipinski definition) is 2. The van der Waals surface area contributed by atoms with Crippen LogP contribution in [0.5, 0.6) is 5.75 Å². The quantitative estimate of drug-likeness (QED) is 0.762. The van der Waals surface area contributed by atoms with Crippen molar-refractivity contribution in [3.05, 3.63) is 59.9 Å². The van der Waals surface area contributed by atoms with Gasteiger partial charge >= 0.3 is 6.03 Å². The lowest BCUT2D eigenvalue weighted by molar-refractivity contribution is -0.117. The van der Waals surface area contributed by atoms with Crippen LogP contribution in [0, 0.1) is 5.82 Å². The molecule has 2 N–H and O–H groups in total. The maximum Gasteiger partial charge on any atom is 0.317 e. The highest BCUT2D eigenvalue weighted by atomic mass is 19.1. The molecule has 0 bridgehead atoms. The molecule has 30 heavy (non-hydrogen) atoms. The highest BCUT2D eigenvalue weighted by Crippen LogP contribution is 2.12. The Hall–Kier alpha value is -3.13. The van der Waals surface area contributed by atoms with E-state index in [-0.39, 0.29) is 24.3 Å².